The van der Waals surface area contributed by atoms with E-state index in [1.165, 1.54) is 0 Å². The first-order valence-corrected chi connectivity index (χ1v) is 7.71. The molecule has 0 saturated carbocycles. The second-order valence-corrected chi connectivity index (χ2v) is 5.94. The first kappa shape index (κ1) is 16.0. The molecule has 0 amide bonds. The van der Waals surface area contributed by atoms with Gasteiger partial charge in [0.1, 0.15) is 5.75 Å². The smallest absolute Gasteiger partial charge is 0.179 e. The standard InChI is InChI=1S/C17H26N2O2/c1-12(2)15-11-14(5-6-16(15)21-4)17(20)13(3)19-9-7-18-8-10-19/h5-6,11-13,18H,7-10H2,1-4H3. The summed E-state index contributed by atoms with van der Waals surface area (Å²) >= 11 is 0. The largest absolute Gasteiger partial charge is 0.496 e. The Balaban J connectivity index is 2.20. The highest BCUT2D eigenvalue weighted by Gasteiger charge is 2.24. The summed E-state index contributed by atoms with van der Waals surface area (Å²) in [4.78, 5) is 15.0. The maximum atomic E-state index is 12.7. The van der Waals surface area contributed by atoms with Crippen molar-refractivity contribution in [3.8, 4) is 5.75 Å². The molecule has 1 atom stereocenters. The maximum absolute atomic E-state index is 12.7. The monoisotopic (exact) mass is 290 g/mol. The van der Waals surface area contributed by atoms with Crippen LogP contribution in [0.1, 0.15) is 42.6 Å². The van der Waals surface area contributed by atoms with Crippen molar-refractivity contribution in [2.75, 3.05) is 33.3 Å². The molecule has 4 nitrogen and oxygen atoms in total. The van der Waals surface area contributed by atoms with Crippen LogP contribution in [0.4, 0.5) is 0 Å². The molecule has 0 radical (unpaired) electrons. The van der Waals surface area contributed by atoms with Crippen LogP contribution >= 0.6 is 0 Å². The van der Waals surface area contributed by atoms with Gasteiger partial charge in [-0.1, -0.05) is 13.8 Å². The molecular formula is C17H26N2O2. The van der Waals surface area contributed by atoms with Gasteiger partial charge < -0.3 is 10.1 Å². The quantitative estimate of drug-likeness (QED) is 0.845. The summed E-state index contributed by atoms with van der Waals surface area (Å²) in [6, 6.07) is 5.71. The van der Waals surface area contributed by atoms with E-state index in [2.05, 4.69) is 24.1 Å². The summed E-state index contributed by atoms with van der Waals surface area (Å²) in [5, 5.41) is 3.32. The molecule has 0 aliphatic carbocycles. The number of methoxy groups -OCH3 is 1. The Labute approximate surface area is 127 Å². The summed E-state index contributed by atoms with van der Waals surface area (Å²) in [5.74, 6) is 1.39. The summed E-state index contributed by atoms with van der Waals surface area (Å²) in [5.41, 5.74) is 1.88. The molecule has 1 unspecified atom stereocenters. The molecule has 1 aliphatic heterocycles. The van der Waals surface area contributed by atoms with E-state index in [0.29, 0.717) is 5.92 Å². The van der Waals surface area contributed by atoms with Crippen LogP contribution in [0.25, 0.3) is 0 Å². The van der Waals surface area contributed by atoms with Gasteiger partial charge >= 0.3 is 0 Å². The average molecular weight is 290 g/mol. The van der Waals surface area contributed by atoms with Crippen molar-refractivity contribution >= 4 is 5.78 Å². The molecule has 21 heavy (non-hydrogen) atoms. The normalized spacial score (nSPS) is 17.8. The molecule has 1 aromatic rings. The zero-order valence-corrected chi connectivity index (χ0v) is 13.5. The molecule has 1 aliphatic rings. The third kappa shape index (κ3) is 3.63. The van der Waals surface area contributed by atoms with E-state index in [1.807, 2.05) is 25.1 Å². The van der Waals surface area contributed by atoms with E-state index in [4.69, 9.17) is 4.74 Å². The lowest BCUT2D eigenvalue weighted by molar-refractivity contribution is 0.0820. The van der Waals surface area contributed by atoms with Gasteiger partial charge in [-0.2, -0.15) is 0 Å². The predicted octanol–water partition coefficient (Wildman–Crippen LogP) is 2.29. The molecule has 1 N–H and O–H groups in total. The van der Waals surface area contributed by atoms with Gasteiger partial charge in [0.15, 0.2) is 5.78 Å². The van der Waals surface area contributed by atoms with E-state index < -0.39 is 0 Å². The fraction of sp³-hybridized carbons (Fsp3) is 0.588. The van der Waals surface area contributed by atoms with Crippen LogP contribution in [0.5, 0.6) is 5.75 Å². The Morgan fingerprint density at radius 3 is 2.48 bits per heavy atom. The first-order valence-electron chi connectivity index (χ1n) is 7.71. The number of piperazine rings is 1. The predicted molar refractivity (Wildman–Crippen MR) is 85.3 cm³/mol. The average Bonchev–Trinajstić information content (AvgIpc) is 2.53. The van der Waals surface area contributed by atoms with E-state index in [0.717, 1.165) is 43.1 Å². The molecule has 1 aromatic carbocycles. The Kier molecular flexibility index (Phi) is 5.37. The summed E-state index contributed by atoms with van der Waals surface area (Å²) < 4.78 is 5.39. The third-order valence-corrected chi connectivity index (χ3v) is 4.21. The Morgan fingerprint density at radius 2 is 1.90 bits per heavy atom. The van der Waals surface area contributed by atoms with Crippen LogP contribution < -0.4 is 10.1 Å². The first-order chi connectivity index (χ1) is 10.0. The molecule has 116 valence electrons. The van der Waals surface area contributed by atoms with Gasteiger partial charge in [0.05, 0.1) is 13.2 Å². The Hall–Kier alpha value is -1.39. The molecule has 2 rings (SSSR count). The van der Waals surface area contributed by atoms with Crippen LogP contribution in [0.2, 0.25) is 0 Å². The Bertz CT molecular complexity index is 494. The number of hydrogen-bond acceptors (Lipinski definition) is 4. The fourth-order valence-electron chi connectivity index (χ4n) is 2.82. The number of ketones is 1. The van der Waals surface area contributed by atoms with Gasteiger partial charge in [0.25, 0.3) is 0 Å². The minimum absolute atomic E-state index is 0.0690. The minimum Gasteiger partial charge on any atom is -0.496 e. The van der Waals surface area contributed by atoms with E-state index in [1.54, 1.807) is 7.11 Å². The zero-order chi connectivity index (χ0) is 15.4. The minimum atomic E-state index is -0.0690. The second-order valence-electron chi connectivity index (χ2n) is 5.94. The van der Waals surface area contributed by atoms with Crippen molar-refractivity contribution < 1.29 is 9.53 Å². The SMILES string of the molecule is COc1ccc(C(=O)C(C)N2CCNCC2)cc1C(C)C. The van der Waals surface area contributed by atoms with Gasteiger partial charge in [-0.3, -0.25) is 9.69 Å². The van der Waals surface area contributed by atoms with Crippen LogP contribution in [0.3, 0.4) is 0 Å². The Morgan fingerprint density at radius 1 is 1.24 bits per heavy atom. The number of nitrogens with one attached hydrogen (secondary N) is 1. The lowest BCUT2D eigenvalue weighted by Crippen LogP contribution is -2.50. The van der Waals surface area contributed by atoms with Gasteiger partial charge in [0.2, 0.25) is 0 Å². The van der Waals surface area contributed by atoms with Gasteiger partial charge in [-0.05, 0) is 36.6 Å². The number of rotatable bonds is 5. The van der Waals surface area contributed by atoms with Gasteiger partial charge in [-0.15, -0.1) is 0 Å². The summed E-state index contributed by atoms with van der Waals surface area (Å²) in [6.45, 7) is 10.0. The van der Waals surface area contributed by atoms with Crippen molar-refractivity contribution in [1.29, 1.82) is 0 Å². The lowest BCUT2D eigenvalue weighted by Gasteiger charge is -2.32. The van der Waals surface area contributed by atoms with E-state index >= 15 is 0 Å². The molecular weight excluding hydrogens is 264 g/mol. The van der Waals surface area contributed by atoms with Crippen molar-refractivity contribution in [2.45, 2.75) is 32.7 Å². The van der Waals surface area contributed by atoms with Crippen molar-refractivity contribution in [3.63, 3.8) is 0 Å². The lowest BCUT2D eigenvalue weighted by atomic mass is 9.95. The zero-order valence-electron chi connectivity index (χ0n) is 13.5. The van der Waals surface area contributed by atoms with Crippen LogP contribution in [-0.2, 0) is 0 Å². The number of Topliss-reactive ketones (excluding diaryl/α,β-unsaturated/α-hetero) is 1. The highest BCUT2D eigenvalue weighted by atomic mass is 16.5. The van der Waals surface area contributed by atoms with Crippen molar-refractivity contribution in [3.05, 3.63) is 29.3 Å². The molecule has 1 saturated heterocycles. The number of nitrogens with zero attached hydrogens (tertiary/aromatic N) is 1. The van der Waals surface area contributed by atoms with Gasteiger partial charge in [0, 0.05) is 31.7 Å². The number of hydrogen-bond donors (Lipinski definition) is 1. The second kappa shape index (κ2) is 7.05. The summed E-state index contributed by atoms with van der Waals surface area (Å²) in [6.07, 6.45) is 0. The molecule has 1 heterocycles. The molecule has 1 fully saturated rings. The number of carbonyl (C=O) groups excluding carboxylic acids is 1. The highest BCUT2D eigenvalue weighted by Crippen LogP contribution is 2.28. The number of benzene rings is 1. The van der Waals surface area contributed by atoms with Crippen molar-refractivity contribution in [2.24, 2.45) is 0 Å². The fourth-order valence-corrected chi connectivity index (χ4v) is 2.82. The van der Waals surface area contributed by atoms with Crippen LogP contribution in [0.15, 0.2) is 18.2 Å². The number of ether oxygens (including phenoxy) is 1. The maximum Gasteiger partial charge on any atom is 0.179 e. The van der Waals surface area contributed by atoms with Crippen LogP contribution in [-0.4, -0.2) is 50.0 Å². The van der Waals surface area contributed by atoms with E-state index in [-0.39, 0.29) is 11.8 Å². The molecule has 4 heteroatoms. The highest BCUT2D eigenvalue weighted by molar-refractivity contribution is 6.00. The third-order valence-electron chi connectivity index (χ3n) is 4.21. The van der Waals surface area contributed by atoms with E-state index in [9.17, 15) is 4.79 Å². The molecule has 0 aromatic heterocycles. The topological polar surface area (TPSA) is 41.6 Å². The molecule has 0 bridgehead atoms. The summed E-state index contributed by atoms with van der Waals surface area (Å²) in [7, 11) is 1.67. The van der Waals surface area contributed by atoms with Crippen molar-refractivity contribution in [1.82, 2.24) is 10.2 Å². The number of carbonyl (C=O) groups is 1. The molecule has 0 spiro atoms. The van der Waals surface area contributed by atoms with Crippen LogP contribution in [0, 0.1) is 0 Å². The van der Waals surface area contributed by atoms with Gasteiger partial charge in [-0.25, -0.2) is 0 Å².